The molecule has 3 rings (SSSR count). The number of amides is 7. The van der Waals surface area contributed by atoms with Gasteiger partial charge in [-0.25, -0.2) is 9.59 Å². The zero-order chi connectivity index (χ0) is 45.1. The molecule has 1 fully saturated rings. The predicted molar refractivity (Wildman–Crippen MR) is 228 cm³/mol. The van der Waals surface area contributed by atoms with E-state index in [0.717, 1.165) is 11.1 Å². The van der Waals surface area contributed by atoms with Gasteiger partial charge in [-0.15, -0.1) is 0 Å². The number of hydrogen-bond donors (Lipinski definition) is 10. The third-order valence-electron chi connectivity index (χ3n) is 10.7. The van der Waals surface area contributed by atoms with E-state index in [1.165, 1.54) is 31.0 Å². The molecule has 1 aliphatic rings. The number of hydrogen-bond acceptors (Lipinski definition) is 9. The summed E-state index contributed by atoms with van der Waals surface area (Å²) in [6.07, 6.45) is 1.85. The Bertz CT molecular complexity index is 1820. The molecule has 0 aromatic heterocycles. The molecule has 7 amide bonds. The fraction of sp³-hybridized carbons (Fsp3) is 0.524. The van der Waals surface area contributed by atoms with Crippen molar-refractivity contribution in [2.75, 3.05) is 20.1 Å². The van der Waals surface area contributed by atoms with E-state index in [1.54, 1.807) is 19.1 Å². The van der Waals surface area contributed by atoms with Crippen molar-refractivity contribution in [3.63, 3.8) is 0 Å². The number of phenols is 1. The highest BCUT2D eigenvalue weighted by atomic mass is 16.4. The summed E-state index contributed by atoms with van der Waals surface area (Å²) in [6.45, 7) is 5.36. The highest BCUT2D eigenvalue weighted by Gasteiger charge is 2.36. The Morgan fingerprint density at radius 2 is 1.57 bits per heavy atom. The summed E-state index contributed by atoms with van der Waals surface area (Å²) in [4.78, 5) is 100. The Hall–Kier alpha value is -6.40. The van der Waals surface area contributed by atoms with Gasteiger partial charge in [0.25, 0.3) is 0 Å². The largest absolute Gasteiger partial charge is 0.508 e. The standard InChI is InChI=1S/C42H62N10O9/c1-5-25(2)34-38(57)47-31(21-18-27-16-19-29(53)20-17-27)39(58)52(4)26(3)35(54)48-33(24-28-12-7-6-8-13-28)36(55)45-22-10-9-14-30(37(56)51-34)49-42(61)50-32(40(59)60)15-11-23-46-41(43)44/h6-8,12-13,16-17,19-20,25-26,30-34,53H,5,9-11,14-15,18,21-24H2,1-4H3,(H,45,55)(H,47,57)(H,48,54)(H,51,56)(H,59,60)(H4,43,44,46)(H2,49,50,61)/t25?,26-,30+,31?,32-,33-,34-/m0/s1. The fourth-order valence-corrected chi connectivity index (χ4v) is 6.61. The number of nitrogens with zero attached hydrogens (tertiary/aromatic N) is 2. The number of carboxylic acids is 1. The maximum absolute atomic E-state index is 14.2. The predicted octanol–water partition coefficient (Wildman–Crippen LogP) is 0.390. The Balaban J connectivity index is 1.97. The first-order valence-corrected chi connectivity index (χ1v) is 20.6. The van der Waals surface area contributed by atoms with E-state index in [2.05, 4.69) is 36.9 Å². The molecule has 1 heterocycles. The maximum Gasteiger partial charge on any atom is 0.326 e. The summed E-state index contributed by atoms with van der Waals surface area (Å²) in [5, 5.41) is 35.7. The molecule has 19 heteroatoms. The van der Waals surface area contributed by atoms with E-state index >= 15 is 0 Å². The van der Waals surface area contributed by atoms with Crippen LogP contribution in [0.3, 0.4) is 0 Å². The first-order chi connectivity index (χ1) is 29.0. The Labute approximate surface area is 356 Å². The van der Waals surface area contributed by atoms with Gasteiger partial charge in [0.1, 0.15) is 42.0 Å². The quantitative estimate of drug-likeness (QED) is 0.0705. The zero-order valence-corrected chi connectivity index (χ0v) is 35.3. The van der Waals surface area contributed by atoms with E-state index in [4.69, 9.17) is 11.5 Å². The number of aryl methyl sites for hydroxylation is 1. The van der Waals surface area contributed by atoms with Crippen molar-refractivity contribution in [3.05, 3.63) is 65.7 Å². The second-order valence-electron chi connectivity index (χ2n) is 15.3. The monoisotopic (exact) mass is 850 g/mol. The van der Waals surface area contributed by atoms with Gasteiger partial charge in [-0.05, 0) is 81.0 Å². The zero-order valence-electron chi connectivity index (χ0n) is 35.3. The number of guanidine groups is 1. The molecule has 12 N–H and O–H groups in total. The van der Waals surface area contributed by atoms with Crippen molar-refractivity contribution in [2.24, 2.45) is 22.4 Å². The number of aromatic hydroxyl groups is 1. The first-order valence-electron chi connectivity index (χ1n) is 20.6. The van der Waals surface area contributed by atoms with Crippen LogP contribution in [0.1, 0.15) is 76.8 Å². The lowest BCUT2D eigenvalue weighted by molar-refractivity contribution is -0.142. The summed E-state index contributed by atoms with van der Waals surface area (Å²) in [5.41, 5.74) is 12.2. The molecule has 19 nitrogen and oxygen atoms in total. The number of benzene rings is 2. The number of likely N-dealkylation sites (N-methyl/N-ethyl adjacent to an activating group) is 1. The van der Waals surface area contributed by atoms with Crippen molar-refractivity contribution in [3.8, 4) is 5.75 Å². The van der Waals surface area contributed by atoms with E-state index in [9.17, 15) is 43.8 Å². The molecule has 1 aliphatic heterocycles. The average molecular weight is 851 g/mol. The minimum absolute atomic E-state index is 0.0152. The third kappa shape index (κ3) is 16.3. The highest BCUT2D eigenvalue weighted by molar-refractivity contribution is 5.96. The van der Waals surface area contributed by atoms with Gasteiger partial charge in [0.2, 0.25) is 29.5 Å². The molecule has 61 heavy (non-hydrogen) atoms. The summed E-state index contributed by atoms with van der Waals surface area (Å²) >= 11 is 0. The van der Waals surface area contributed by atoms with Crippen LogP contribution < -0.4 is 43.4 Å². The minimum atomic E-state index is -1.34. The summed E-state index contributed by atoms with van der Waals surface area (Å²) in [7, 11) is 1.43. The number of carbonyl (C=O) groups excluding carboxylic acids is 6. The van der Waals surface area contributed by atoms with Gasteiger partial charge in [0.05, 0.1) is 0 Å². The smallest absolute Gasteiger partial charge is 0.326 e. The molecule has 2 aromatic rings. The van der Waals surface area contributed by atoms with Crippen molar-refractivity contribution >= 4 is 47.5 Å². The molecule has 0 aliphatic carbocycles. The Morgan fingerprint density at radius 3 is 2.21 bits per heavy atom. The topological polar surface area (TPSA) is 300 Å². The molecule has 1 saturated heterocycles. The molecule has 0 radical (unpaired) electrons. The molecule has 7 atom stereocenters. The van der Waals surface area contributed by atoms with Crippen molar-refractivity contribution in [1.82, 2.24) is 36.8 Å². The van der Waals surface area contributed by atoms with E-state index in [1.807, 2.05) is 37.3 Å². The molecule has 2 aromatic carbocycles. The molecular weight excluding hydrogens is 789 g/mol. The van der Waals surface area contributed by atoms with Crippen LogP contribution in [0.5, 0.6) is 5.75 Å². The number of urea groups is 1. The van der Waals surface area contributed by atoms with Crippen LogP contribution in [0, 0.1) is 5.92 Å². The van der Waals surface area contributed by atoms with Crippen LogP contribution in [0.15, 0.2) is 59.6 Å². The number of nitrogens with one attached hydrogen (secondary N) is 6. The fourth-order valence-electron chi connectivity index (χ4n) is 6.61. The number of aliphatic carboxylic acids is 1. The van der Waals surface area contributed by atoms with Gasteiger partial charge in [-0.3, -0.25) is 29.0 Å². The molecular formula is C42H62N10O9. The molecule has 0 spiro atoms. The highest BCUT2D eigenvalue weighted by Crippen LogP contribution is 2.16. The summed E-state index contributed by atoms with van der Waals surface area (Å²) < 4.78 is 0. The average Bonchev–Trinajstić information content (AvgIpc) is 3.23. The van der Waals surface area contributed by atoms with Crippen molar-refractivity contribution < 1.29 is 43.8 Å². The maximum atomic E-state index is 14.2. The number of phenolic OH excluding ortho intramolecular Hbond substituents is 1. The van der Waals surface area contributed by atoms with Crippen LogP contribution in [0.2, 0.25) is 0 Å². The van der Waals surface area contributed by atoms with Crippen LogP contribution >= 0.6 is 0 Å². The van der Waals surface area contributed by atoms with Crippen LogP contribution in [-0.4, -0.2) is 119 Å². The first kappa shape index (κ1) is 49.0. The van der Waals surface area contributed by atoms with E-state index in [0.29, 0.717) is 19.3 Å². The summed E-state index contributed by atoms with van der Waals surface area (Å²) in [5.74, 6) is -4.96. The summed E-state index contributed by atoms with van der Waals surface area (Å²) in [6, 6.07) is 7.46. The molecule has 334 valence electrons. The van der Waals surface area contributed by atoms with E-state index in [-0.39, 0.29) is 63.3 Å². The van der Waals surface area contributed by atoms with Gasteiger partial charge < -0.3 is 58.5 Å². The lowest BCUT2D eigenvalue weighted by atomic mass is 9.96. The lowest BCUT2D eigenvalue weighted by Gasteiger charge is -2.32. The van der Waals surface area contributed by atoms with Gasteiger partial charge in [0.15, 0.2) is 5.96 Å². The van der Waals surface area contributed by atoms with Crippen molar-refractivity contribution in [1.29, 1.82) is 0 Å². The van der Waals surface area contributed by atoms with Crippen molar-refractivity contribution in [2.45, 2.75) is 115 Å². The Kier molecular flexibility index (Phi) is 19.8. The van der Waals surface area contributed by atoms with Crippen LogP contribution in [-0.2, 0) is 41.6 Å². The number of aliphatic imine (C=N–C) groups is 1. The van der Waals surface area contributed by atoms with Gasteiger partial charge in [-0.2, -0.15) is 0 Å². The van der Waals surface area contributed by atoms with Gasteiger partial charge in [-0.1, -0.05) is 62.7 Å². The van der Waals surface area contributed by atoms with Gasteiger partial charge in [0, 0.05) is 26.6 Å². The minimum Gasteiger partial charge on any atom is -0.508 e. The number of rotatable bonds is 14. The number of carbonyl (C=O) groups is 7. The van der Waals surface area contributed by atoms with E-state index < -0.39 is 83.7 Å². The molecule has 0 saturated carbocycles. The van der Waals surface area contributed by atoms with Gasteiger partial charge >= 0.3 is 12.0 Å². The lowest BCUT2D eigenvalue weighted by Crippen LogP contribution is -2.60. The third-order valence-corrected chi connectivity index (χ3v) is 10.7. The number of nitrogens with two attached hydrogens (primary N) is 2. The molecule has 2 unspecified atom stereocenters. The second-order valence-corrected chi connectivity index (χ2v) is 15.3. The molecule has 0 bridgehead atoms. The van der Waals surface area contributed by atoms with Crippen LogP contribution in [0.25, 0.3) is 0 Å². The normalized spacial score (nSPS) is 22.1. The second kappa shape index (κ2) is 24.6. The van der Waals surface area contributed by atoms with Crippen LogP contribution in [0.4, 0.5) is 4.79 Å². The number of carboxylic acid groups (broad SMARTS) is 1. The SMILES string of the molecule is CCC(C)[C@@H]1NC(=O)[C@H](NC(=O)N[C@@H](CCCN=C(N)N)C(=O)O)CCCCNC(=O)[C@H](Cc2ccccc2)NC(=O)[C@H](C)N(C)C(=O)C(CCc2ccc(O)cc2)NC1=O. The Morgan fingerprint density at radius 1 is 0.902 bits per heavy atom.